The Morgan fingerprint density at radius 1 is 1.38 bits per heavy atom. The van der Waals surface area contributed by atoms with E-state index in [2.05, 4.69) is 31.0 Å². The highest BCUT2D eigenvalue weighted by Gasteiger charge is 2.04. The number of halogens is 1. The van der Waals surface area contributed by atoms with E-state index < -0.39 is 0 Å². The predicted octanol–water partition coefficient (Wildman–Crippen LogP) is 1.01. The Morgan fingerprint density at radius 3 is 2.77 bits per heavy atom. The molecule has 0 spiro atoms. The molecule has 2 aromatic heterocycles. The molecule has 2 rings (SSSR count). The van der Waals surface area contributed by atoms with Crippen molar-refractivity contribution in [2.45, 2.75) is 0 Å². The number of hydrogen-bond donors (Lipinski definition) is 1. The van der Waals surface area contributed by atoms with Gasteiger partial charge < -0.3 is 5.73 Å². The second kappa shape index (κ2) is 3.14. The van der Waals surface area contributed by atoms with Gasteiger partial charge in [-0.3, -0.25) is 4.98 Å². The summed E-state index contributed by atoms with van der Waals surface area (Å²) >= 11 is 3.26. The van der Waals surface area contributed by atoms with Crippen LogP contribution in [0.1, 0.15) is 0 Å². The van der Waals surface area contributed by atoms with E-state index in [4.69, 9.17) is 5.73 Å². The Balaban J connectivity index is 2.48. The lowest BCUT2D eigenvalue weighted by molar-refractivity contribution is 0.842. The predicted molar refractivity (Wildman–Crippen MR) is 51.3 cm³/mol. The van der Waals surface area contributed by atoms with E-state index in [-0.39, 0.29) is 0 Å². The van der Waals surface area contributed by atoms with Gasteiger partial charge in [-0.05, 0) is 15.9 Å². The summed E-state index contributed by atoms with van der Waals surface area (Å²) < 4.78 is 2.31. The summed E-state index contributed by atoms with van der Waals surface area (Å²) in [5, 5.41) is 4.03. The average molecular weight is 240 g/mol. The summed E-state index contributed by atoms with van der Waals surface area (Å²) in [7, 11) is 0. The van der Waals surface area contributed by atoms with Gasteiger partial charge in [0.25, 0.3) is 0 Å². The second-order valence-corrected chi connectivity index (χ2v) is 3.22. The SMILES string of the molecule is Nc1nn(-c2cnccn2)cc1Br. The van der Waals surface area contributed by atoms with E-state index in [1.54, 1.807) is 29.5 Å². The quantitative estimate of drug-likeness (QED) is 0.807. The standard InChI is InChI=1S/C7H6BrN5/c8-5-4-13(12-7(5)9)6-3-10-1-2-11-6/h1-4H,(H2,9,12). The van der Waals surface area contributed by atoms with E-state index in [0.29, 0.717) is 11.6 Å². The molecule has 0 aliphatic heterocycles. The molecule has 0 aromatic carbocycles. The minimum atomic E-state index is 0.436. The Bertz CT molecular complexity index is 391. The van der Waals surface area contributed by atoms with Crippen LogP contribution >= 0.6 is 15.9 Å². The molecule has 0 radical (unpaired) electrons. The molecule has 0 atom stereocenters. The van der Waals surface area contributed by atoms with Crippen LogP contribution in [0.5, 0.6) is 0 Å². The van der Waals surface area contributed by atoms with Crippen LogP contribution in [0.25, 0.3) is 5.82 Å². The van der Waals surface area contributed by atoms with Gasteiger partial charge in [0.05, 0.1) is 10.7 Å². The third kappa shape index (κ3) is 1.52. The van der Waals surface area contributed by atoms with E-state index in [1.807, 2.05) is 0 Å². The number of nitrogens with zero attached hydrogens (tertiary/aromatic N) is 4. The average Bonchev–Trinajstić information content (AvgIpc) is 2.49. The molecule has 2 aromatic rings. The van der Waals surface area contributed by atoms with Gasteiger partial charge >= 0.3 is 0 Å². The van der Waals surface area contributed by atoms with Gasteiger partial charge in [-0.2, -0.15) is 0 Å². The Labute approximate surface area is 82.7 Å². The molecule has 6 heteroatoms. The molecule has 0 saturated heterocycles. The lowest BCUT2D eigenvalue weighted by Gasteiger charge is -1.95. The minimum absolute atomic E-state index is 0.436. The summed E-state index contributed by atoms with van der Waals surface area (Å²) in [6.45, 7) is 0. The molecule has 0 aliphatic carbocycles. The number of anilines is 1. The Morgan fingerprint density at radius 2 is 2.23 bits per heavy atom. The van der Waals surface area contributed by atoms with Crippen LogP contribution in [0.4, 0.5) is 5.82 Å². The van der Waals surface area contributed by atoms with Gasteiger partial charge in [0.2, 0.25) is 0 Å². The van der Waals surface area contributed by atoms with Crippen molar-refractivity contribution in [2.24, 2.45) is 0 Å². The zero-order valence-electron chi connectivity index (χ0n) is 6.55. The summed E-state index contributed by atoms with van der Waals surface area (Å²) in [6, 6.07) is 0. The van der Waals surface area contributed by atoms with Gasteiger partial charge in [-0.25, -0.2) is 9.67 Å². The van der Waals surface area contributed by atoms with Crippen molar-refractivity contribution >= 4 is 21.7 Å². The number of rotatable bonds is 1. The summed E-state index contributed by atoms with van der Waals surface area (Å²) in [5.41, 5.74) is 5.55. The summed E-state index contributed by atoms with van der Waals surface area (Å²) in [4.78, 5) is 7.99. The van der Waals surface area contributed by atoms with Crippen LogP contribution in [-0.4, -0.2) is 19.7 Å². The minimum Gasteiger partial charge on any atom is -0.381 e. The van der Waals surface area contributed by atoms with Gasteiger partial charge in [-0.1, -0.05) is 0 Å². The summed E-state index contributed by atoms with van der Waals surface area (Å²) in [6.07, 6.45) is 6.55. The van der Waals surface area contributed by atoms with Crippen LogP contribution in [0, 0.1) is 0 Å². The van der Waals surface area contributed by atoms with Crippen molar-refractivity contribution in [1.29, 1.82) is 0 Å². The monoisotopic (exact) mass is 239 g/mol. The molecule has 2 N–H and O–H groups in total. The molecule has 66 valence electrons. The number of nitrogens with two attached hydrogens (primary N) is 1. The lowest BCUT2D eigenvalue weighted by atomic mass is 10.6. The highest BCUT2D eigenvalue weighted by atomic mass is 79.9. The van der Waals surface area contributed by atoms with Gasteiger partial charge in [0, 0.05) is 18.6 Å². The third-order valence-corrected chi connectivity index (χ3v) is 2.09. The highest BCUT2D eigenvalue weighted by Crippen LogP contribution is 2.17. The first-order valence-electron chi connectivity index (χ1n) is 3.54. The molecule has 13 heavy (non-hydrogen) atoms. The lowest BCUT2D eigenvalue weighted by Crippen LogP contribution is -1.98. The van der Waals surface area contributed by atoms with Crippen molar-refractivity contribution in [2.75, 3.05) is 5.73 Å². The molecule has 0 bridgehead atoms. The van der Waals surface area contributed by atoms with E-state index in [0.717, 1.165) is 4.47 Å². The largest absolute Gasteiger partial charge is 0.381 e. The van der Waals surface area contributed by atoms with Crippen LogP contribution < -0.4 is 5.73 Å². The fraction of sp³-hybridized carbons (Fsp3) is 0. The molecule has 0 fully saturated rings. The topological polar surface area (TPSA) is 69.6 Å². The van der Waals surface area contributed by atoms with E-state index >= 15 is 0 Å². The normalized spacial score (nSPS) is 10.2. The van der Waals surface area contributed by atoms with Crippen LogP contribution in [0.15, 0.2) is 29.3 Å². The summed E-state index contributed by atoms with van der Waals surface area (Å²) in [5.74, 6) is 1.07. The van der Waals surface area contributed by atoms with Gasteiger partial charge in [-0.15, -0.1) is 5.10 Å². The molecular weight excluding hydrogens is 234 g/mol. The molecule has 0 amide bonds. The van der Waals surface area contributed by atoms with E-state index in [9.17, 15) is 0 Å². The smallest absolute Gasteiger partial charge is 0.171 e. The van der Waals surface area contributed by atoms with Crippen LogP contribution in [-0.2, 0) is 0 Å². The van der Waals surface area contributed by atoms with Crippen molar-refractivity contribution in [3.8, 4) is 5.82 Å². The molecule has 0 aliphatic rings. The van der Waals surface area contributed by atoms with Crippen molar-refractivity contribution < 1.29 is 0 Å². The molecule has 0 saturated carbocycles. The Hall–Kier alpha value is -1.43. The van der Waals surface area contributed by atoms with Crippen LogP contribution in [0.3, 0.4) is 0 Å². The van der Waals surface area contributed by atoms with Crippen molar-refractivity contribution in [3.05, 3.63) is 29.3 Å². The third-order valence-electron chi connectivity index (χ3n) is 1.48. The molecule has 2 heterocycles. The fourth-order valence-electron chi connectivity index (χ4n) is 0.893. The maximum atomic E-state index is 5.55. The first-order valence-corrected chi connectivity index (χ1v) is 4.33. The van der Waals surface area contributed by atoms with Gasteiger partial charge in [0.15, 0.2) is 11.6 Å². The maximum Gasteiger partial charge on any atom is 0.171 e. The molecule has 5 nitrogen and oxygen atoms in total. The first kappa shape index (κ1) is 8.18. The fourth-order valence-corrected chi connectivity index (χ4v) is 1.17. The van der Waals surface area contributed by atoms with Crippen molar-refractivity contribution in [3.63, 3.8) is 0 Å². The second-order valence-electron chi connectivity index (χ2n) is 2.37. The van der Waals surface area contributed by atoms with Crippen molar-refractivity contribution in [1.82, 2.24) is 19.7 Å². The van der Waals surface area contributed by atoms with E-state index in [1.165, 1.54) is 0 Å². The number of nitrogen functional groups attached to an aromatic ring is 1. The Kier molecular flexibility index (Phi) is 1.97. The highest BCUT2D eigenvalue weighted by molar-refractivity contribution is 9.10. The zero-order chi connectivity index (χ0) is 9.26. The van der Waals surface area contributed by atoms with Gasteiger partial charge in [0.1, 0.15) is 0 Å². The number of hydrogen-bond acceptors (Lipinski definition) is 4. The first-order chi connectivity index (χ1) is 6.27. The zero-order valence-corrected chi connectivity index (χ0v) is 8.14. The molecule has 0 unspecified atom stereocenters. The molecular formula is C7H6BrN5. The number of aromatic nitrogens is 4. The van der Waals surface area contributed by atoms with Crippen LogP contribution in [0.2, 0.25) is 0 Å². The maximum absolute atomic E-state index is 5.55.